The molecule has 0 spiro atoms. The quantitative estimate of drug-likeness (QED) is 0.845. The van der Waals surface area contributed by atoms with E-state index in [0.717, 1.165) is 24.9 Å². The highest BCUT2D eigenvalue weighted by Crippen LogP contribution is 2.31. The van der Waals surface area contributed by atoms with Gasteiger partial charge in [-0.15, -0.1) is 12.4 Å². The lowest BCUT2D eigenvalue weighted by atomic mass is 9.82. The van der Waals surface area contributed by atoms with Crippen LogP contribution in [-0.4, -0.2) is 25.0 Å². The molecule has 1 saturated heterocycles. The lowest BCUT2D eigenvalue weighted by Crippen LogP contribution is -2.50. The van der Waals surface area contributed by atoms with Crippen LogP contribution in [0.4, 0.5) is 8.78 Å². The Balaban J connectivity index is 0.00000208. The Kier molecular flexibility index (Phi) is 6.99. The first kappa shape index (κ1) is 19.1. The van der Waals surface area contributed by atoms with Crippen LogP contribution in [0.3, 0.4) is 0 Å². The van der Waals surface area contributed by atoms with E-state index in [1.807, 2.05) is 0 Å². The van der Waals surface area contributed by atoms with Crippen molar-refractivity contribution in [2.45, 2.75) is 50.5 Å². The summed E-state index contributed by atoms with van der Waals surface area (Å²) in [6.45, 7) is 1.48. The third-order valence-electron chi connectivity index (χ3n) is 5.20. The molecule has 2 N–H and O–H groups in total. The molecule has 134 valence electrons. The fraction of sp³-hybridized carbons (Fsp3) is 0.611. The van der Waals surface area contributed by atoms with Crippen LogP contribution < -0.4 is 10.6 Å². The normalized spacial score (nSPS) is 23.9. The van der Waals surface area contributed by atoms with Gasteiger partial charge in [-0.25, -0.2) is 8.78 Å². The van der Waals surface area contributed by atoms with Gasteiger partial charge in [0.15, 0.2) is 11.6 Å². The second kappa shape index (κ2) is 8.77. The Morgan fingerprint density at radius 2 is 2.00 bits per heavy atom. The third kappa shape index (κ3) is 4.67. The summed E-state index contributed by atoms with van der Waals surface area (Å²) in [5, 5.41) is 6.36. The fourth-order valence-corrected chi connectivity index (χ4v) is 3.55. The van der Waals surface area contributed by atoms with E-state index in [0.29, 0.717) is 18.9 Å². The summed E-state index contributed by atoms with van der Waals surface area (Å²) in [5.41, 5.74) is 0.759. The van der Waals surface area contributed by atoms with Gasteiger partial charge in [0.2, 0.25) is 5.91 Å². The number of piperidine rings is 1. The molecule has 0 aromatic heterocycles. The van der Waals surface area contributed by atoms with E-state index in [1.54, 1.807) is 6.07 Å². The summed E-state index contributed by atoms with van der Waals surface area (Å²) >= 11 is 0. The van der Waals surface area contributed by atoms with Crippen molar-refractivity contribution in [1.82, 2.24) is 10.6 Å². The molecule has 24 heavy (non-hydrogen) atoms. The molecule has 3 rings (SSSR count). The number of carbonyl (C=O) groups excluding carboxylic acids is 1. The first-order valence-electron chi connectivity index (χ1n) is 8.58. The highest BCUT2D eigenvalue weighted by molar-refractivity contribution is 5.85. The van der Waals surface area contributed by atoms with Crippen LogP contribution in [0.1, 0.15) is 50.0 Å². The minimum absolute atomic E-state index is 0. The Hall–Kier alpha value is -1.20. The Morgan fingerprint density at radius 1 is 1.21 bits per heavy atom. The minimum Gasteiger partial charge on any atom is -0.351 e. The zero-order chi connectivity index (χ0) is 16.2. The molecule has 3 nitrogen and oxygen atoms in total. The molecule has 1 aromatic carbocycles. The van der Waals surface area contributed by atoms with Crippen LogP contribution >= 0.6 is 12.4 Å². The molecule has 1 amide bonds. The van der Waals surface area contributed by atoms with Gasteiger partial charge in [-0.05, 0) is 43.0 Å². The second-order valence-corrected chi connectivity index (χ2v) is 6.78. The maximum atomic E-state index is 13.5. The number of halogens is 3. The number of hydrogen-bond acceptors (Lipinski definition) is 2. The molecule has 6 heteroatoms. The molecule has 2 aliphatic rings. The maximum Gasteiger partial charge on any atom is 0.220 e. The summed E-state index contributed by atoms with van der Waals surface area (Å²) < 4.78 is 26.6. The summed E-state index contributed by atoms with van der Waals surface area (Å²) in [6, 6.07) is 3.99. The van der Waals surface area contributed by atoms with Crippen LogP contribution in [0.2, 0.25) is 0 Å². The van der Waals surface area contributed by atoms with E-state index >= 15 is 0 Å². The van der Waals surface area contributed by atoms with Gasteiger partial charge in [0.25, 0.3) is 0 Å². The van der Waals surface area contributed by atoms with E-state index in [9.17, 15) is 13.6 Å². The van der Waals surface area contributed by atoms with Crippen molar-refractivity contribution < 1.29 is 13.6 Å². The van der Waals surface area contributed by atoms with Gasteiger partial charge in [-0.1, -0.05) is 25.3 Å². The summed E-state index contributed by atoms with van der Waals surface area (Å²) in [7, 11) is 0. The molecule has 1 heterocycles. The van der Waals surface area contributed by atoms with Crippen LogP contribution in [-0.2, 0) is 4.79 Å². The molecular formula is C18H25ClF2N2O. The lowest BCUT2D eigenvalue weighted by Gasteiger charge is -2.33. The predicted molar refractivity (Wildman–Crippen MR) is 92.3 cm³/mol. The number of carbonyl (C=O) groups is 1. The van der Waals surface area contributed by atoms with Crippen molar-refractivity contribution in [2.75, 3.05) is 13.1 Å². The monoisotopic (exact) mass is 358 g/mol. The van der Waals surface area contributed by atoms with Gasteiger partial charge in [-0.2, -0.15) is 0 Å². The summed E-state index contributed by atoms with van der Waals surface area (Å²) in [5.74, 6) is -0.843. The number of amides is 1. The minimum atomic E-state index is -0.830. The van der Waals surface area contributed by atoms with E-state index < -0.39 is 11.6 Å². The molecule has 1 aliphatic carbocycles. The van der Waals surface area contributed by atoms with Gasteiger partial charge in [-0.3, -0.25) is 4.79 Å². The van der Waals surface area contributed by atoms with E-state index in [4.69, 9.17) is 0 Å². The largest absolute Gasteiger partial charge is 0.351 e. The van der Waals surface area contributed by atoms with Gasteiger partial charge in [0.05, 0.1) is 0 Å². The van der Waals surface area contributed by atoms with Crippen molar-refractivity contribution in [3.63, 3.8) is 0 Å². The van der Waals surface area contributed by atoms with Crippen molar-refractivity contribution in [3.05, 3.63) is 35.4 Å². The number of rotatable bonds is 5. The van der Waals surface area contributed by atoms with Gasteiger partial charge in [0, 0.05) is 24.9 Å². The molecule has 2 unspecified atom stereocenters. The van der Waals surface area contributed by atoms with E-state index in [1.165, 1.54) is 31.4 Å². The first-order valence-corrected chi connectivity index (χ1v) is 8.58. The smallest absolute Gasteiger partial charge is 0.220 e. The van der Waals surface area contributed by atoms with Crippen molar-refractivity contribution in [1.29, 1.82) is 0 Å². The first-order chi connectivity index (χ1) is 11.1. The predicted octanol–water partition coefficient (Wildman–Crippen LogP) is 3.53. The van der Waals surface area contributed by atoms with Gasteiger partial charge in [0.1, 0.15) is 0 Å². The Labute approximate surface area is 148 Å². The lowest BCUT2D eigenvalue weighted by molar-refractivity contribution is -0.122. The highest BCUT2D eigenvalue weighted by Gasteiger charge is 2.28. The maximum absolute atomic E-state index is 13.5. The number of benzene rings is 1. The van der Waals surface area contributed by atoms with E-state index in [2.05, 4.69) is 10.6 Å². The average Bonchev–Trinajstić information content (AvgIpc) is 2.49. The molecule has 2 fully saturated rings. The average molecular weight is 359 g/mol. The zero-order valence-corrected chi connectivity index (χ0v) is 14.5. The number of nitrogens with one attached hydrogen (secondary N) is 2. The van der Waals surface area contributed by atoms with Crippen LogP contribution in [0.5, 0.6) is 0 Å². The molecule has 1 aromatic rings. The molecule has 1 saturated carbocycles. The summed E-state index contributed by atoms with van der Waals surface area (Å²) in [6.07, 6.45) is 6.11. The van der Waals surface area contributed by atoms with Crippen molar-refractivity contribution >= 4 is 18.3 Å². The molecule has 2 atom stereocenters. The zero-order valence-electron chi connectivity index (χ0n) is 13.7. The molecular weight excluding hydrogens is 334 g/mol. The SMILES string of the molecule is Cl.O=C(CCC1CCC1)NC1CNCCC1c1ccc(F)c(F)c1. The highest BCUT2D eigenvalue weighted by atomic mass is 35.5. The van der Waals surface area contributed by atoms with Crippen molar-refractivity contribution in [2.24, 2.45) is 5.92 Å². The Bertz CT molecular complexity index is 566. The molecule has 0 bridgehead atoms. The fourth-order valence-electron chi connectivity index (χ4n) is 3.55. The van der Waals surface area contributed by atoms with Crippen LogP contribution in [0.25, 0.3) is 0 Å². The van der Waals surface area contributed by atoms with E-state index in [-0.39, 0.29) is 30.3 Å². The van der Waals surface area contributed by atoms with Crippen LogP contribution in [0.15, 0.2) is 18.2 Å². The Morgan fingerprint density at radius 3 is 2.67 bits per heavy atom. The summed E-state index contributed by atoms with van der Waals surface area (Å²) in [4.78, 5) is 12.2. The topological polar surface area (TPSA) is 41.1 Å². The third-order valence-corrected chi connectivity index (χ3v) is 5.20. The molecule has 1 aliphatic heterocycles. The van der Waals surface area contributed by atoms with Crippen LogP contribution in [0, 0.1) is 17.6 Å². The standard InChI is InChI=1S/C18H24F2N2O.ClH/c19-15-6-5-13(10-16(15)20)14-8-9-21-11-17(14)22-18(23)7-4-12-2-1-3-12;/h5-6,10,12,14,17,21H,1-4,7-9,11H2,(H,22,23);1H. The number of hydrogen-bond donors (Lipinski definition) is 2. The second-order valence-electron chi connectivity index (χ2n) is 6.78. The van der Waals surface area contributed by atoms with Crippen molar-refractivity contribution in [3.8, 4) is 0 Å². The van der Waals surface area contributed by atoms with Gasteiger partial charge >= 0.3 is 0 Å². The molecule has 0 radical (unpaired) electrons. The van der Waals surface area contributed by atoms with Gasteiger partial charge < -0.3 is 10.6 Å².